The van der Waals surface area contributed by atoms with Crippen LogP contribution in [-0.2, 0) is 6.54 Å². The van der Waals surface area contributed by atoms with Gasteiger partial charge in [0, 0.05) is 30.9 Å². The average Bonchev–Trinajstić information content (AvgIpc) is 2.69. The van der Waals surface area contributed by atoms with Crippen molar-refractivity contribution in [3.05, 3.63) is 70.4 Å². The van der Waals surface area contributed by atoms with E-state index in [1.165, 1.54) is 12.4 Å². The lowest BCUT2D eigenvalue weighted by Crippen LogP contribution is -2.41. The van der Waals surface area contributed by atoms with Crippen molar-refractivity contribution in [3.8, 4) is 11.4 Å². The van der Waals surface area contributed by atoms with Gasteiger partial charge in [0.1, 0.15) is 6.33 Å². The van der Waals surface area contributed by atoms with Crippen LogP contribution >= 0.6 is 0 Å². The Kier molecular flexibility index (Phi) is 4.50. The molecule has 0 amide bonds. The van der Waals surface area contributed by atoms with Crippen molar-refractivity contribution in [2.45, 2.75) is 19.9 Å². The van der Waals surface area contributed by atoms with Gasteiger partial charge in [-0.05, 0) is 19.4 Å². The second kappa shape index (κ2) is 7.11. The molecule has 136 valence electrons. The van der Waals surface area contributed by atoms with Crippen molar-refractivity contribution in [3.63, 3.8) is 0 Å². The molecule has 2 aromatic heterocycles. The zero-order valence-corrected chi connectivity index (χ0v) is 15.0. The number of benzene rings is 1. The number of carbonyl (C=O) groups excluding carboxylic acids is 1. The molecule has 3 aromatic rings. The number of carbonyl (C=O) groups is 1. The summed E-state index contributed by atoms with van der Waals surface area (Å²) in [5, 5.41) is 0. The van der Waals surface area contributed by atoms with E-state index in [-0.39, 0.29) is 17.9 Å². The van der Waals surface area contributed by atoms with Gasteiger partial charge in [-0.25, -0.2) is 15.0 Å². The molecular weight excluding hydrogens is 342 g/mol. The summed E-state index contributed by atoms with van der Waals surface area (Å²) in [5.41, 5.74) is 2.70. The van der Waals surface area contributed by atoms with Crippen molar-refractivity contribution in [1.82, 2.24) is 19.5 Å². The van der Waals surface area contributed by atoms with E-state index in [1.54, 1.807) is 16.8 Å². The Labute approximate surface area is 156 Å². The Morgan fingerprint density at radius 2 is 1.93 bits per heavy atom. The standard InChI is InChI=1S/C20H19N5O2/c1-14-3-5-15(6-4-14)18(26)12-24-9-2-10-25-19(27)11-17(23-20(24)25)16-7-8-21-13-22-16/h3-8,11,13H,2,9-10,12H2,1H3. The van der Waals surface area contributed by atoms with E-state index in [0.29, 0.717) is 36.0 Å². The van der Waals surface area contributed by atoms with Crippen LogP contribution in [0.4, 0.5) is 5.95 Å². The van der Waals surface area contributed by atoms with E-state index in [4.69, 9.17) is 0 Å². The van der Waals surface area contributed by atoms with Gasteiger partial charge in [-0.2, -0.15) is 0 Å². The number of fused-ring (bicyclic) bond motifs is 1. The molecule has 7 heteroatoms. The van der Waals surface area contributed by atoms with Gasteiger partial charge in [0.05, 0.1) is 17.9 Å². The summed E-state index contributed by atoms with van der Waals surface area (Å²) in [6.45, 7) is 3.45. The molecule has 1 aromatic carbocycles. The highest BCUT2D eigenvalue weighted by Gasteiger charge is 2.23. The van der Waals surface area contributed by atoms with Gasteiger partial charge < -0.3 is 4.90 Å². The van der Waals surface area contributed by atoms with E-state index in [1.807, 2.05) is 36.1 Å². The third-order valence-electron chi connectivity index (χ3n) is 4.63. The van der Waals surface area contributed by atoms with E-state index in [9.17, 15) is 9.59 Å². The number of Topliss-reactive ketones (excluding diaryl/α,β-unsaturated/α-hetero) is 1. The van der Waals surface area contributed by atoms with Crippen LogP contribution in [0.25, 0.3) is 11.4 Å². The monoisotopic (exact) mass is 361 g/mol. The molecule has 7 nitrogen and oxygen atoms in total. The minimum atomic E-state index is -0.138. The Morgan fingerprint density at radius 3 is 2.67 bits per heavy atom. The van der Waals surface area contributed by atoms with Crippen molar-refractivity contribution >= 4 is 11.7 Å². The third kappa shape index (κ3) is 3.48. The highest BCUT2D eigenvalue weighted by atomic mass is 16.1. The smallest absolute Gasteiger partial charge is 0.255 e. The molecule has 0 unspecified atom stereocenters. The highest BCUT2D eigenvalue weighted by Crippen LogP contribution is 2.21. The lowest BCUT2D eigenvalue weighted by Gasteiger charge is -2.30. The number of aromatic nitrogens is 4. The Hall–Kier alpha value is -3.35. The second-order valence-corrected chi connectivity index (χ2v) is 6.59. The largest absolute Gasteiger partial charge is 0.334 e. The van der Waals surface area contributed by atoms with Gasteiger partial charge in [-0.3, -0.25) is 14.2 Å². The molecule has 4 rings (SSSR count). The molecule has 0 spiro atoms. The van der Waals surface area contributed by atoms with Gasteiger partial charge >= 0.3 is 0 Å². The second-order valence-electron chi connectivity index (χ2n) is 6.59. The van der Waals surface area contributed by atoms with Crippen molar-refractivity contribution < 1.29 is 4.79 Å². The van der Waals surface area contributed by atoms with Crippen LogP contribution in [0.15, 0.2) is 53.7 Å². The number of hydrogen-bond acceptors (Lipinski definition) is 6. The van der Waals surface area contributed by atoms with Gasteiger partial charge in [-0.15, -0.1) is 0 Å². The first-order chi connectivity index (χ1) is 13.1. The first-order valence-electron chi connectivity index (χ1n) is 8.85. The Bertz CT molecular complexity index is 1030. The van der Waals surface area contributed by atoms with E-state index < -0.39 is 0 Å². The van der Waals surface area contributed by atoms with E-state index in [2.05, 4.69) is 15.0 Å². The lowest BCUT2D eigenvalue weighted by atomic mass is 10.1. The van der Waals surface area contributed by atoms with Gasteiger partial charge in [0.15, 0.2) is 5.78 Å². The SMILES string of the molecule is Cc1ccc(C(=O)CN2CCCn3c2nc(-c2ccncn2)cc3=O)cc1. The normalized spacial score (nSPS) is 13.3. The van der Waals surface area contributed by atoms with Crippen LogP contribution in [0, 0.1) is 6.92 Å². The molecule has 0 aliphatic carbocycles. The van der Waals surface area contributed by atoms with Crippen molar-refractivity contribution in [2.24, 2.45) is 0 Å². The number of nitrogens with zero attached hydrogens (tertiary/aromatic N) is 5. The fourth-order valence-corrected chi connectivity index (χ4v) is 3.19. The highest BCUT2D eigenvalue weighted by molar-refractivity contribution is 5.99. The maximum absolute atomic E-state index is 12.7. The molecule has 0 N–H and O–H groups in total. The quantitative estimate of drug-likeness (QED) is 0.662. The fraction of sp³-hybridized carbons (Fsp3) is 0.250. The topological polar surface area (TPSA) is 81.0 Å². The molecule has 0 radical (unpaired) electrons. The number of ketones is 1. The first-order valence-corrected chi connectivity index (χ1v) is 8.85. The van der Waals surface area contributed by atoms with Crippen LogP contribution in [0.2, 0.25) is 0 Å². The number of anilines is 1. The van der Waals surface area contributed by atoms with Crippen LogP contribution in [-0.4, -0.2) is 38.4 Å². The van der Waals surface area contributed by atoms with Crippen LogP contribution in [0.5, 0.6) is 0 Å². The first kappa shape index (κ1) is 17.1. The molecule has 0 saturated carbocycles. The summed E-state index contributed by atoms with van der Waals surface area (Å²) in [4.78, 5) is 39.8. The molecule has 0 atom stereocenters. The van der Waals surface area contributed by atoms with Crippen LogP contribution < -0.4 is 10.5 Å². The summed E-state index contributed by atoms with van der Waals surface area (Å²) < 4.78 is 1.62. The maximum Gasteiger partial charge on any atom is 0.255 e. The minimum Gasteiger partial charge on any atom is -0.334 e. The Morgan fingerprint density at radius 1 is 1.11 bits per heavy atom. The number of aryl methyl sites for hydroxylation is 1. The summed E-state index contributed by atoms with van der Waals surface area (Å²) >= 11 is 0. The summed E-state index contributed by atoms with van der Waals surface area (Å²) in [7, 11) is 0. The maximum atomic E-state index is 12.7. The zero-order chi connectivity index (χ0) is 18.8. The van der Waals surface area contributed by atoms with Gasteiger partial charge in [0.2, 0.25) is 5.95 Å². The van der Waals surface area contributed by atoms with Gasteiger partial charge in [-0.1, -0.05) is 29.8 Å². The van der Waals surface area contributed by atoms with Crippen molar-refractivity contribution in [1.29, 1.82) is 0 Å². The lowest BCUT2D eigenvalue weighted by molar-refractivity contribution is 0.0997. The van der Waals surface area contributed by atoms with E-state index in [0.717, 1.165) is 12.0 Å². The van der Waals surface area contributed by atoms with Crippen LogP contribution in [0.1, 0.15) is 22.3 Å². The minimum absolute atomic E-state index is 0.00476. The van der Waals surface area contributed by atoms with Crippen molar-refractivity contribution in [2.75, 3.05) is 18.0 Å². The molecular formula is C20H19N5O2. The summed E-state index contributed by atoms with van der Waals surface area (Å²) in [5.74, 6) is 0.521. The molecule has 0 fully saturated rings. The number of hydrogen-bond donors (Lipinski definition) is 0. The zero-order valence-electron chi connectivity index (χ0n) is 15.0. The molecule has 1 aliphatic rings. The molecule has 0 saturated heterocycles. The predicted octanol–water partition coefficient (Wildman–Crippen LogP) is 2.10. The third-order valence-corrected chi connectivity index (χ3v) is 4.63. The molecule has 27 heavy (non-hydrogen) atoms. The molecule has 3 heterocycles. The van der Waals surface area contributed by atoms with Crippen LogP contribution in [0.3, 0.4) is 0 Å². The number of rotatable bonds is 4. The molecule has 0 bridgehead atoms. The molecule has 1 aliphatic heterocycles. The Balaban J connectivity index is 1.67. The van der Waals surface area contributed by atoms with Gasteiger partial charge in [0.25, 0.3) is 5.56 Å². The predicted molar refractivity (Wildman–Crippen MR) is 102 cm³/mol. The fourth-order valence-electron chi connectivity index (χ4n) is 3.19. The van der Waals surface area contributed by atoms with E-state index >= 15 is 0 Å². The summed E-state index contributed by atoms with van der Waals surface area (Å²) in [6, 6.07) is 10.7. The average molecular weight is 361 g/mol. The summed E-state index contributed by atoms with van der Waals surface area (Å²) in [6.07, 6.45) is 3.83.